The summed E-state index contributed by atoms with van der Waals surface area (Å²) < 4.78 is 38.7. The Kier molecular flexibility index (Phi) is 5.60. The maximum absolute atomic E-state index is 12.9. The van der Waals surface area contributed by atoms with Gasteiger partial charge in [-0.1, -0.05) is 28.8 Å². The molecule has 1 aromatic rings. The van der Waals surface area contributed by atoms with E-state index in [1.807, 2.05) is 0 Å². The summed E-state index contributed by atoms with van der Waals surface area (Å²) in [7, 11) is 0. The maximum Gasteiger partial charge on any atom is 0.417 e. The first-order valence-electron chi connectivity index (χ1n) is 8.70. The number of hydrogen-bond donors (Lipinski definition) is 1. The highest BCUT2D eigenvalue weighted by Crippen LogP contribution is 2.38. The molecular formula is C18H18BrF3N2O3. The molecule has 146 valence electrons. The van der Waals surface area contributed by atoms with Crippen molar-refractivity contribution in [2.75, 3.05) is 11.9 Å². The second kappa shape index (κ2) is 7.61. The lowest BCUT2D eigenvalue weighted by molar-refractivity contribution is -0.140. The third kappa shape index (κ3) is 4.17. The van der Waals surface area contributed by atoms with E-state index in [9.17, 15) is 27.6 Å². The van der Waals surface area contributed by atoms with Crippen LogP contribution in [0.5, 0.6) is 0 Å². The summed E-state index contributed by atoms with van der Waals surface area (Å²) in [6.07, 6.45) is -1.49. The molecule has 2 fully saturated rings. The molecule has 2 aliphatic rings. The molecule has 3 rings (SSSR count). The minimum Gasteiger partial charge on any atom is -0.326 e. The summed E-state index contributed by atoms with van der Waals surface area (Å²) in [6, 6.07) is 3.39. The Morgan fingerprint density at radius 3 is 2.30 bits per heavy atom. The van der Waals surface area contributed by atoms with Crippen molar-refractivity contribution < 1.29 is 27.6 Å². The zero-order valence-electron chi connectivity index (χ0n) is 14.3. The number of fused-ring (bicyclic) bond motifs is 1. The highest BCUT2D eigenvalue weighted by molar-refractivity contribution is 9.10. The van der Waals surface area contributed by atoms with E-state index in [0.29, 0.717) is 12.8 Å². The van der Waals surface area contributed by atoms with Crippen LogP contribution in [0.4, 0.5) is 18.9 Å². The first kappa shape index (κ1) is 19.9. The van der Waals surface area contributed by atoms with Gasteiger partial charge in [-0.3, -0.25) is 19.3 Å². The van der Waals surface area contributed by atoms with E-state index in [0.717, 1.165) is 23.8 Å². The zero-order valence-corrected chi connectivity index (χ0v) is 15.9. The fourth-order valence-electron chi connectivity index (χ4n) is 3.71. The van der Waals surface area contributed by atoms with Crippen molar-refractivity contribution in [1.82, 2.24) is 4.90 Å². The van der Waals surface area contributed by atoms with Gasteiger partial charge in [0.1, 0.15) is 0 Å². The van der Waals surface area contributed by atoms with E-state index >= 15 is 0 Å². The minimum atomic E-state index is -4.55. The Morgan fingerprint density at radius 2 is 1.74 bits per heavy atom. The van der Waals surface area contributed by atoms with Crippen LogP contribution in [0.3, 0.4) is 0 Å². The van der Waals surface area contributed by atoms with Gasteiger partial charge in [0.2, 0.25) is 17.7 Å². The van der Waals surface area contributed by atoms with Gasteiger partial charge in [0, 0.05) is 23.1 Å². The number of anilines is 1. The molecule has 3 amide bonds. The second-order valence-corrected chi connectivity index (χ2v) is 7.67. The Labute approximate surface area is 162 Å². The van der Waals surface area contributed by atoms with Crippen LogP contribution >= 0.6 is 15.9 Å². The smallest absolute Gasteiger partial charge is 0.326 e. The maximum atomic E-state index is 12.9. The average molecular weight is 447 g/mol. The number of hydrogen-bond acceptors (Lipinski definition) is 3. The van der Waals surface area contributed by atoms with Crippen LogP contribution in [0.25, 0.3) is 0 Å². The number of likely N-dealkylation sites (tertiary alicyclic amines) is 1. The van der Waals surface area contributed by atoms with Crippen LogP contribution < -0.4 is 5.32 Å². The zero-order chi connectivity index (χ0) is 19.8. The number of imide groups is 1. The van der Waals surface area contributed by atoms with Crippen molar-refractivity contribution in [1.29, 1.82) is 0 Å². The molecule has 2 unspecified atom stereocenters. The van der Waals surface area contributed by atoms with Crippen LogP contribution in [0, 0.1) is 11.8 Å². The van der Waals surface area contributed by atoms with E-state index in [1.54, 1.807) is 0 Å². The third-order valence-electron chi connectivity index (χ3n) is 5.05. The number of carbonyl (C=O) groups is 3. The summed E-state index contributed by atoms with van der Waals surface area (Å²) in [6.45, 7) is -0.0564. The second-order valence-electron chi connectivity index (χ2n) is 6.82. The molecule has 5 nitrogen and oxygen atoms in total. The van der Waals surface area contributed by atoms with Gasteiger partial charge in [0.25, 0.3) is 0 Å². The number of halogens is 4. The average Bonchev–Trinajstić information content (AvgIpc) is 2.85. The van der Waals surface area contributed by atoms with Gasteiger partial charge in [-0.25, -0.2) is 0 Å². The largest absolute Gasteiger partial charge is 0.417 e. The third-order valence-corrected chi connectivity index (χ3v) is 5.74. The highest BCUT2D eigenvalue weighted by atomic mass is 79.9. The first-order chi connectivity index (χ1) is 12.7. The predicted octanol–water partition coefficient (Wildman–Crippen LogP) is 3.97. The summed E-state index contributed by atoms with van der Waals surface area (Å²) in [5, 5.41) is 2.39. The fourth-order valence-corrected chi connectivity index (χ4v) is 4.18. The van der Waals surface area contributed by atoms with E-state index in [4.69, 9.17) is 0 Å². The molecule has 0 aromatic heterocycles. The molecule has 9 heteroatoms. The number of alkyl halides is 3. The summed E-state index contributed by atoms with van der Waals surface area (Å²) >= 11 is 2.84. The van der Waals surface area contributed by atoms with Crippen molar-refractivity contribution in [3.05, 3.63) is 28.2 Å². The summed E-state index contributed by atoms with van der Waals surface area (Å²) in [4.78, 5) is 37.9. The van der Waals surface area contributed by atoms with Crippen LogP contribution in [-0.2, 0) is 20.6 Å². The lowest BCUT2D eigenvalue weighted by atomic mass is 9.81. The molecule has 1 aromatic carbocycles. The number of rotatable bonds is 4. The molecule has 0 radical (unpaired) electrons. The number of carbonyl (C=O) groups excluding carboxylic acids is 3. The Hall–Kier alpha value is -1.90. The normalized spacial score (nSPS) is 22.7. The predicted molar refractivity (Wildman–Crippen MR) is 94.6 cm³/mol. The van der Waals surface area contributed by atoms with Gasteiger partial charge < -0.3 is 5.32 Å². The van der Waals surface area contributed by atoms with Crippen LogP contribution in [-0.4, -0.2) is 29.2 Å². The van der Waals surface area contributed by atoms with Crippen molar-refractivity contribution in [3.63, 3.8) is 0 Å². The van der Waals surface area contributed by atoms with E-state index in [-0.39, 0.29) is 46.8 Å². The SMILES string of the molecule is O=C(CCN1C(=O)C2CCCCC2C1=O)Nc1ccc(Br)c(C(F)(F)F)c1. The van der Waals surface area contributed by atoms with Crippen LogP contribution in [0.15, 0.2) is 22.7 Å². The monoisotopic (exact) mass is 446 g/mol. The van der Waals surface area contributed by atoms with E-state index in [2.05, 4.69) is 21.2 Å². The quantitative estimate of drug-likeness (QED) is 0.711. The molecule has 0 spiro atoms. The highest BCUT2D eigenvalue weighted by Gasteiger charge is 2.47. The molecule has 1 saturated heterocycles. The van der Waals surface area contributed by atoms with Crippen molar-refractivity contribution in [2.24, 2.45) is 11.8 Å². The van der Waals surface area contributed by atoms with Gasteiger partial charge in [-0.05, 0) is 31.0 Å². The summed E-state index contributed by atoms with van der Waals surface area (Å²) in [5.74, 6) is -1.59. The number of nitrogens with one attached hydrogen (secondary N) is 1. The molecule has 1 aliphatic heterocycles. The van der Waals surface area contributed by atoms with Gasteiger partial charge in [0.05, 0.1) is 17.4 Å². The molecule has 1 saturated carbocycles. The van der Waals surface area contributed by atoms with Gasteiger partial charge >= 0.3 is 6.18 Å². The standard InChI is InChI=1S/C18H18BrF3N2O3/c19-14-6-5-10(9-13(14)18(20,21)22)23-15(25)7-8-24-16(26)11-3-1-2-4-12(11)17(24)27/h5-6,9,11-12H,1-4,7-8H2,(H,23,25). The van der Waals surface area contributed by atoms with Gasteiger partial charge in [0.15, 0.2) is 0 Å². The Morgan fingerprint density at radius 1 is 1.15 bits per heavy atom. The summed E-state index contributed by atoms with van der Waals surface area (Å²) in [5.41, 5.74) is -0.891. The molecule has 1 N–H and O–H groups in total. The lowest BCUT2D eigenvalue weighted by Gasteiger charge is -2.19. The Balaban J connectivity index is 1.60. The topological polar surface area (TPSA) is 66.5 Å². The van der Waals surface area contributed by atoms with Crippen molar-refractivity contribution >= 4 is 39.3 Å². The van der Waals surface area contributed by atoms with Crippen molar-refractivity contribution in [3.8, 4) is 0 Å². The number of nitrogens with zero attached hydrogens (tertiary/aromatic N) is 1. The Bertz CT molecular complexity index is 758. The number of amides is 3. The number of benzene rings is 1. The van der Waals surface area contributed by atoms with Gasteiger partial charge in [-0.15, -0.1) is 0 Å². The van der Waals surface area contributed by atoms with Gasteiger partial charge in [-0.2, -0.15) is 13.2 Å². The van der Waals surface area contributed by atoms with Crippen LogP contribution in [0.2, 0.25) is 0 Å². The molecule has 2 atom stereocenters. The van der Waals surface area contributed by atoms with Crippen LogP contribution in [0.1, 0.15) is 37.7 Å². The fraction of sp³-hybridized carbons (Fsp3) is 0.500. The minimum absolute atomic E-state index is 0.00303. The molecule has 1 heterocycles. The molecule has 27 heavy (non-hydrogen) atoms. The molecular weight excluding hydrogens is 429 g/mol. The van der Waals surface area contributed by atoms with E-state index in [1.165, 1.54) is 12.1 Å². The van der Waals surface area contributed by atoms with Crippen molar-refractivity contribution in [2.45, 2.75) is 38.3 Å². The van der Waals surface area contributed by atoms with E-state index < -0.39 is 17.6 Å². The first-order valence-corrected chi connectivity index (χ1v) is 9.49. The molecule has 1 aliphatic carbocycles. The lowest BCUT2D eigenvalue weighted by Crippen LogP contribution is -2.34. The molecule has 0 bridgehead atoms.